The van der Waals surface area contributed by atoms with Crippen molar-refractivity contribution in [2.24, 2.45) is 0 Å². The summed E-state index contributed by atoms with van der Waals surface area (Å²) in [7, 11) is -4.59. The first kappa shape index (κ1) is 46.4. The van der Waals surface area contributed by atoms with Gasteiger partial charge < -0.3 is 18.4 Å². The number of aliphatic hydroxyl groups excluding tert-OH is 1. The largest absolute Gasteiger partial charge is 0.417 e. The van der Waals surface area contributed by atoms with Gasteiger partial charge in [-0.15, -0.1) is 11.6 Å². The summed E-state index contributed by atoms with van der Waals surface area (Å²) in [5.41, 5.74) is 0. The van der Waals surface area contributed by atoms with Crippen molar-refractivity contribution in [2.45, 2.75) is 149 Å². The van der Waals surface area contributed by atoms with E-state index in [2.05, 4.69) is 127 Å². The topological polar surface area (TPSA) is 47.9 Å². The highest BCUT2D eigenvalue weighted by molar-refractivity contribution is 6.74. The quantitative estimate of drug-likeness (QED) is 0.0819. The maximum atomic E-state index is 8.54. The summed E-state index contributed by atoms with van der Waals surface area (Å²) in [6.45, 7) is 38.7. The zero-order valence-corrected chi connectivity index (χ0v) is 34.6. The van der Waals surface area contributed by atoms with Crippen molar-refractivity contribution in [3.8, 4) is 0 Å². The van der Waals surface area contributed by atoms with Crippen molar-refractivity contribution in [1.29, 1.82) is 0 Å². The van der Waals surface area contributed by atoms with Crippen LogP contribution in [0.5, 0.6) is 0 Å². The molecule has 42 heavy (non-hydrogen) atoms. The van der Waals surface area contributed by atoms with E-state index in [1.807, 2.05) is 12.2 Å². The minimum Gasteiger partial charge on any atom is -0.417 e. The van der Waals surface area contributed by atoms with Gasteiger partial charge in [0.15, 0.2) is 25.0 Å². The Morgan fingerprint density at radius 3 is 1.05 bits per heavy atom. The number of hydrogen-bond acceptors (Lipinski definition) is 4. The van der Waals surface area contributed by atoms with Crippen LogP contribution in [0.25, 0.3) is 0 Å². The molecule has 0 radical (unpaired) electrons. The predicted molar refractivity (Wildman–Crippen MR) is 199 cm³/mol. The number of halogens is 1. The van der Waals surface area contributed by atoms with E-state index < -0.39 is 25.0 Å². The Labute approximate surface area is 272 Å². The summed E-state index contributed by atoms with van der Waals surface area (Å²) >= 11 is 5.52. The van der Waals surface area contributed by atoms with Gasteiger partial charge >= 0.3 is 0 Å². The Morgan fingerprint density at radius 2 is 0.810 bits per heavy atom. The third-order valence-electron chi connectivity index (χ3n) is 8.59. The van der Waals surface area contributed by atoms with Crippen molar-refractivity contribution < 1.29 is 18.4 Å². The smallest absolute Gasteiger partial charge is 0.191 e. The molecule has 1 N–H and O–H groups in total. The molecule has 0 fully saturated rings. The number of aliphatic hydroxyl groups is 1. The van der Waals surface area contributed by atoms with Crippen LogP contribution in [-0.2, 0) is 13.3 Å². The molecule has 252 valence electrons. The second-order valence-corrected chi connectivity index (χ2v) is 30.1. The Bertz CT molecular complexity index is 642. The maximum Gasteiger partial charge on any atom is 0.191 e. The standard InChI is InChI=1S/C12H26OSi.C11H23ClOSi.C11H24O2Si/c1-7-8-9-10-11-13-14(5,6)12(2,3)4;2*1-11(2,3)14(4,5)13-10-8-6-7-9-12/h8-9H,7,10-11H2,1-6H3;6-7H,8-10H2,1-5H3;6-7,12H,8-10H2,1-5H3/b9-8+;2*7-6+. The van der Waals surface area contributed by atoms with Crippen LogP contribution < -0.4 is 0 Å². The normalized spacial score (nSPS) is 13.9. The monoisotopic (exact) mass is 664 g/mol. The fourth-order valence-corrected chi connectivity index (χ4v) is 5.76. The van der Waals surface area contributed by atoms with Crippen molar-refractivity contribution in [1.82, 2.24) is 0 Å². The molecule has 0 aliphatic rings. The van der Waals surface area contributed by atoms with Crippen LogP contribution in [0.4, 0.5) is 0 Å². The number of alkyl halides is 1. The van der Waals surface area contributed by atoms with Gasteiger partial charge in [-0.3, -0.25) is 0 Å². The molecule has 0 heterocycles. The summed E-state index contributed by atoms with van der Waals surface area (Å²) in [4.78, 5) is 0. The minimum atomic E-state index is -1.56. The summed E-state index contributed by atoms with van der Waals surface area (Å²) < 4.78 is 18.0. The first-order valence-electron chi connectivity index (χ1n) is 16.0. The molecular formula is C34H73ClO4Si3. The molecule has 4 nitrogen and oxygen atoms in total. The second kappa shape index (κ2) is 22.5. The first-order valence-corrected chi connectivity index (χ1v) is 25.2. The summed E-state index contributed by atoms with van der Waals surface area (Å²) in [6.07, 6.45) is 16.2. The molecule has 0 bridgehead atoms. The Hall–Kier alpha value is 0.000649. The van der Waals surface area contributed by atoms with Gasteiger partial charge in [0.05, 0.1) is 6.61 Å². The van der Waals surface area contributed by atoms with Crippen molar-refractivity contribution in [2.75, 3.05) is 32.3 Å². The molecule has 0 aromatic carbocycles. The predicted octanol–water partition coefficient (Wildman–Crippen LogP) is 11.5. The molecule has 0 aliphatic heterocycles. The Balaban J connectivity index is -0.000000543. The van der Waals surface area contributed by atoms with E-state index in [9.17, 15) is 0 Å². The van der Waals surface area contributed by atoms with Crippen LogP contribution in [0, 0.1) is 0 Å². The highest BCUT2D eigenvalue weighted by Gasteiger charge is 2.38. The lowest BCUT2D eigenvalue weighted by Crippen LogP contribution is -2.40. The number of rotatable bonds is 15. The van der Waals surface area contributed by atoms with Gasteiger partial charge in [0, 0.05) is 25.7 Å². The molecule has 0 rings (SSSR count). The second-order valence-electron chi connectivity index (χ2n) is 15.4. The molecule has 0 saturated carbocycles. The van der Waals surface area contributed by atoms with Crippen LogP contribution in [-0.4, -0.2) is 62.4 Å². The van der Waals surface area contributed by atoms with Gasteiger partial charge in [0.25, 0.3) is 0 Å². The van der Waals surface area contributed by atoms with E-state index in [0.717, 1.165) is 45.5 Å². The third-order valence-corrected chi connectivity index (χ3v) is 22.4. The zero-order chi connectivity index (χ0) is 33.7. The minimum absolute atomic E-state index is 0.125. The van der Waals surface area contributed by atoms with Crippen LogP contribution >= 0.6 is 11.6 Å². The number of hydrogen-bond donors (Lipinski definition) is 1. The molecule has 0 aromatic heterocycles. The lowest BCUT2D eigenvalue weighted by Gasteiger charge is -2.36. The molecule has 0 unspecified atom stereocenters. The lowest BCUT2D eigenvalue weighted by atomic mass is 10.2. The molecule has 0 aromatic rings. The van der Waals surface area contributed by atoms with E-state index >= 15 is 0 Å². The average molecular weight is 666 g/mol. The van der Waals surface area contributed by atoms with E-state index in [4.69, 9.17) is 30.0 Å². The zero-order valence-electron chi connectivity index (χ0n) is 30.9. The fourth-order valence-electron chi connectivity index (χ4n) is 2.45. The first-order chi connectivity index (χ1) is 18.9. The van der Waals surface area contributed by atoms with Crippen molar-refractivity contribution in [3.05, 3.63) is 36.5 Å². The van der Waals surface area contributed by atoms with Crippen LogP contribution in [0.3, 0.4) is 0 Å². The molecule has 0 amide bonds. The SMILES string of the molecule is CC(C)(C)[Si](C)(C)OCC/C=C/CCl.CC(C)(C)[Si](C)(C)OCC/C=C/CO.CC/C=C/CCO[Si](C)(C)C(C)(C)C. The van der Waals surface area contributed by atoms with E-state index in [1.165, 1.54) is 0 Å². The van der Waals surface area contributed by atoms with Crippen molar-refractivity contribution in [3.63, 3.8) is 0 Å². The Kier molecular flexibility index (Phi) is 24.9. The van der Waals surface area contributed by atoms with Crippen LogP contribution in [0.1, 0.15) is 94.9 Å². The molecule has 0 atom stereocenters. The van der Waals surface area contributed by atoms with Gasteiger partial charge in [0.1, 0.15) is 0 Å². The van der Waals surface area contributed by atoms with E-state index in [-0.39, 0.29) is 11.6 Å². The lowest BCUT2D eigenvalue weighted by molar-refractivity contribution is 0.293. The van der Waals surface area contributed by atoms with Crippen LogP contribution in [0.15, 0.2) is 36.5 Å². The number of allylic oxidation sites excluding steroid dienone is 2. The van der Waals surface area contributed by atoms with Crippen LogP contribution in [0.2, 0.25) is 54.4 Å². The van der Waals surface area contributed by atoms with Gasteiger partial charge in [0.2, 0.25) is 0 Å². The summed E-state index contributed by atoms with van der Waals surface area (Å²) in [5, 5.41) is 9.46. The fraction of sp³-hybridized carbons (Fsp3) is 0.824. The van der Waals surface area contributed by atoms with Gasteiger partial charge in [-0.05, 0) is 80.1 Å². The third kappa shape index (κ3) is 23.4. The molecule has 0 saturated heterocycles. The highest BCUT2D eigenvalue weighted by Crippen LogP contribution is 2.38. The van der Waals surface area contributed by atoms with E-state index in [0.29, 0.717) is 16.0 Å². The molecule has 8 heteroatoms. The molecular weight excluding hydrogens is 592 g/mol. The summed E-state index contributed by atoms with van der Waals surface area (Å²) in [6, 6.07) is 0. The van der Waals surface area contributed by atoms with Gasteiger partial charge in [-0.25, -0.2) is 0 Å². The van der Waals surface area contributed by atoms with Gasteiger partial charge in [-0.1, -0.05) is 106 Å². The highest BCUT2D eigenvalue weighted by atomic mass is 35.5. The molecule has 0 spiro atoms. The molecule has 0 aliphatic carbocycles. The van der Waals surface area contributed by atoms with Crippen molar-refractivity contribution >= 4 is 36.6 Å². The maximum absolute atomic E-state index is 8.54. The average Bonchev–Trinajstić information content (AvgIpc) is 2.82. The van der Waals surface area contributed by atoms with E-state index in [1.54, 1.807) is 6.08 Å². The van der Waals surface area contributed by atoms with Gasteiger partial charge in [-0.2, -0.15) is 0 Å². The Morgan fingerprint density at radius 1 is 0.524 bits per heavy atom. The summed E-state index contributed by atoms with van der Waals surface area (Å²) in [5.74, 6) is 0.597.